The second-order valence-electron chi connectivity index (χ2n) is 12.7. The smallest absolute Gasteiger partial charge is 0.335 e. The lowest BCUT2D eigenvalue weighted by atomic mass is 9.72. The zero-order valence-electron chi connectivity index (χ0n) is 25.3. The predicted molar refractivity (Wildman–Crippen MR) is 170 cm³/mol. The van der Waals surface area contributed by atoms with E-state index in [0.717, 1.165) is 89.4 Å². The largest absolute Gasteiger partial charge is 0.493 e. The van der Waals surface area contributed by atoms with Gasteiger partial charge in [0, 0.05) is 6.42 Å². The number of fused-ring (bicyclic) bond motifs is 2. The maximum Gasteiger partial charge on any atom is 0.335 e. The summed E-state index contributed by atoms with van der Waals surface area (Å²) in [7, 11) is 0. The van der Waals surface area contributed by atoms with Gasteiger partial charge in [-0.3, -0.25) is 4.79 Å². The van der Waals surface area contributed by atoms with Crippen LogP contribution in [0.5, 0.6) is 5.75 Å². The average molecular weight is 583 g/mol. The zero-order valence-corrected chi connectivity index (χ0v) is 25.3. The lowest BCUT2D eigenvalue weighted by Gasteiger charge is -2.33. The number of carboxylic acids is 2. The number of carbonyl (C=O) groups is 2. The molecule has 5 nitrogen and oxygen atoms in total. The minimum Gasteiger partial charge on any atom is -0.493 e. The molecule has 3 atom stereocenters. The molecule has 0 spiro atoms. The molecule has 228 valence electrons. The van der Waals surface area contributed by atoms with Gasteiger partial charge in [-0.15, -0.1) is 0 Å². The topological polar surface area (TPSA) is 83.8 Å². The number of hydrogen-bond donors (Lipinski definition) is 2. The number of carboxylic acid groups (broad SMARTS) is 2. The first-order valence-corrected chi connectivity index (χ1v) is 16.3. The van der Waals surface area contributed by atoms with Crippen LogP contribution in [0.4, 0.5) is 0 Å². The van der Waals surface area contributed by atoms with Crippen LogP contribution in [0.25, 0.3) is 0 Å². The number of aliphatic carboxylic acids is 1. The molecule has 0 saturated heterocycles. The fraction of sp³-hybridized carbons (Fsp3) is 0.474. The molecular formula is C38H46O5. The van der Waals surface area contributed by atoms with Gasteiger partial charge in [-0.05, 0) is 128 Å². The van der Waals surface area contributed by atoms with Crippen LogP contribution in [-0.2, 0) is 30.5 Å². The van der Waals surface area contributed by atoms with Crippen molar-refractivity contribution in [3.63, 3.8) is 0 Å². The Morgan fingerprint density at radius 2 is 1.60 bits per heavy atom. The summed E-state index contributed by atoms with van der Waals surface area (Å²) in [5, 5.41) is 18.5. The Labute approximate surface area is 256 Å². The highest BCUT2D eigenvalue weighted by atomic mass is 16.5. The van der Waals surface area contributed by atoms with Gasteiger partial charge >= 0.3 is 11.9 Å². The summed E-state index contributed by atoms with van der Waals surface area (Å²) in [5.41, 5.74) is 7.11. The monoisotopic (exact) mass is 582 g/mol. The van der Waals surface area contributed by atoms with Crippen LogP contribution < -0.4 is 4.74 Å². The van der Waals surface area contributed by atoms with Crippen molar-refractivity contribution in [2.24, 2.45) is 11.8 Å². The van der Waals surface area contributed by atoms with Crippen molar-refractivity contribution >= 4 is 11.9 Å². The molecule has 5 heteroatoms. The number of unbranched alkanes of at least 4 members (excludes halogenated alkanes) is 3. The fourth-order valence-corrected chi connectivity index (χ4v) is 7.37. The van der Waals surface area contributed by atoms with Crippen molar-refractivity contribution in [1.82, 2.24) is 0 Å². The van der Waals surface area contributed by atoms with E-state index in [-0.39, 0.29) is 6.42 Å². The molecule has 0 radical (unpaired) electrons. The van der Waals surface area contributed by atoms with Gasteiger partial charge < -0.3 is 14.9 Å². The summed E-state index contributed by atoms with van der Waals surface area (Å²) in [5.74, 6) is 0.858. The van der Waals surface area contributed by atoms with Gasteiger partial charge in [-0.25, -0.2) is 4.79 Å². The van der Waals surface area contributed by atoms with E-state index in [1.165, 1.54) is 34.2 Å². The SMILES string of the molecule is O=C(O)CCCCCCC(CCc1ccccc1OC[C@H]1CCc2ccccc2C1)C1CCCc2cc(C(=O)O)ccc21. The molecule has 2 aliphatic rings. The number of rotatable bonds is 15. The molecule has 0 saturated carbocycles. The van der Waals surface area contributed by atoms with Crippen molar-refractivity contribution in [3.8, 4) is 5.75 Å². The summed E-state index contributed by atoms with van der Waals surface area (Å²) < 4.78 is 6.50. The normalized spacial score (nSPS) is 18.3. The van der Waals surface area contributed by atoms with Gasteiger partial charge in [-0.1, -0.05) is 67.8 Å². The van der Waals surface area contributed by atoms with Gasteiger partial charge in [0.25, 0.3) is 0 Å². The highest BCUT2D eigenvalue weighted by molar-refractivity contribution is 5.88. The third kappa shape index (κ3) is 8.49. The lowest BCUT2D eigenvalue weighted by Crippen LogP contribution is -2.21. The van der Waals surface area contributed by atoms with Crippen LogP contribution >= 0.6 is 0 Å². The maximum atomic E-state index is 11.6. The van der Waals surface area contributed by atoms with Crippen molar-refractivity contribution in [3.05, 3.63) is 100 Å². The molecular weight excluding hydrogens is 536 g/mol. The van der Waals surface area contributed by atoms with Gasteiger partial charge in [-0.2, -0.15) is 0 Å². The van der Waals surface area contributed by atoms with E-state index < -0.39 is 11.9 Å². The Morgan fingerprint density at radius 3 is 2.44 bits per heavy atom. The predicted octanol–water partition coefficient (Wildman–Crippen LogP) is 8.66. The van der Waals surface area contributed by atoms with E-state index in [1.54, 1.807) is 6.07 Å². The van der Waals surface area contributed by atoms with Crippen LogP contribution in [0.15, 0.2) is 66.7 Å². The molecule has 3 aromatic carbocycles. The molecule has 2 N–H and O–H groups in total. The summed E-state index contributed by atoms with van der Waals surface area (Å²) in [6.07, 6.45) is 13.7. The second-order valence-corrected chi connectivity index (χ2v) is 12.7. The number of hydrogen-bond acceptors (Lipinski definition) is 3. The quantitative estimate of drug-likeness (QED) is 0.175. The highest BCUT2D eigenvalue weighted by Gasteiger charge is 2.28. The van der Waals surface area contributed by atoms with E-state index in [9.17, 15) is 14.7 Å². The molecule has 0 aliphatic heterocycles. The van der Waals surface area contributed by atoms with Crippen LogP contribution in [0.2, 0.25) is 0 Å². The molecule has 2 unspecified atom stereocenters. The first kappa shape index (κ1) is 30.8. The highest BCUT2D eigenvalue weighted by Crippen LogP contribution is 2.42. The minimum absolute atomic E-state index is 0.246. The first-order valence-electron chi connectivity index (χ1n) is 16.3. The first-order chi connectivity index (χ1) is 21.0. The van der Waals surface area contributed by atoms with E-state index in [1.807, 2.05) is 6.07 Å². The molecule has 0 amide bonds. The third-order valence-corrected chi connectivity index (χ3v) is 9.72. The van der Waals surface area contributed by atoms with E-state index in [2.05, 4.69) is 54.6 Å². The summed E-state index contributed by atoms with van der Waals surface area (Å²) >= 11 is 0. The Bertz CT molecular complexity index is 1380. The molecule has 0 heterocycles. The van der Waals surface area contributed by atoms with Crippen LogP contribution in [-0.4, -0.2) is 28.8 Å². The molecule has 3 aromatic rings. The standard InChI is InChI=1S/C38H46O5/c39-37(40)17-4-2-1-3-11-29(34-15-9-14-32-25-33(38(41)42)22-23-35(32)34)20-21-30-12-7-8-16-36(30)43-26-27-18-19-28-10-5-6-13-31(28)24-27/h5-8,10,12-13,16,22-23,25,27,29,34H,1-4,9,11,14-15,17-21,24,26H2,(H,39,40)(H,41,42)/t27-,29?,34?/m0/s1. The zero-order chi connectivity index (χ0) is 30.0. The lowest BCUT2D eigenvalue weighted by molar-refractivity contribution is -0.137. The molecule has 43 heavy (non-hydrogen) atoms. The Balaban J connectivity index is 1.25. The van der Waals surface area contributed by atoms with E-state index >= 15 is 0 Å². The number of ether oxygens (including phenoxy) is 1. The molecule has 0 bridgehead atoms. The van der Waals surface area contributed by atoms with Crippen molar-refractivity contribution in [2.45, 2.75) is 95.8 Å². The van der Waals surface area contributed by atoms with E-state index in [4.69, 9.17) is 9.84 Å². The number of aromatic carboxylic acids is 1. The third-order valence-electron chi connectivity index (χ3n) is 9.72. The maximum absolute atomic E-state index is 11.6. The molecule has 0 fully saturated rings. The Kier molecular flexibility index (Phi) is 10.9. The second kappa shape index (κ2) is 15.2. The number of aryl methyl sites for hydroxylation is 3. The molecule has 5 rings (SSSR count). The summed E-state index contributed by atoms with van der Waals surface area (Å²) in [6, 6.07) is 23.0. The van der Waals surface area contributed by atoms with Crippen LogP contribution in [0.1, 0.15) is 108 Å². The van der Waals surface area contributed by atoms with E-state index in [0.29, 0.717) is 23.3 Å². The van der Waals surface area contributed by atoms with Gasteiger partial charge in [0.2, 0.25) is 0 Å². The molecule has 0 aromatic heterocycles. The van der Waals surface area contributed by atoms with Crippen molar-refractivity contribution < 1.29 is 24.5 Å². The fourth-order valence-electron chi connectivity index (χ4n) is 7.37. The van der Waals surface area contributed by atoms with Gasteiger partial charge in [0.1, 0.15) is 5.75 Å². The van der Waals surface area contributed by atoms with Gasteiger partial charge in [0.15, 0.2) is 0 Å². The van der Waals surface area contributed by atoms with Crippen molar-refractivity contribution in [2.75, 3.05) is 6.61 Å². The molecule has 2 aliphatic carbocycles. The Morgan fingerprint density at radius 1 is 0.814 bits per heavy atom. The average Bonchev–Trinajstić information content (AvgIpc) is 3.02. The number of benzene rings is 3. The number of para-hydroxylation sites is 1. The summed E-state index contributed by atoms with van der Waals surface area (Å²) in [6.45, 7) is 0.743. The van der Waals surface area contributed by atoms with Crippen molar-refractivity contribution in [1.29, 1.82) is 0 Å². The summed E-state index contributed by atoms with van der Waals surface area (Å²) in [4.78, 5) is 22.5. The van der Waals surface area contributed by atoms with Crippen LogP contribution in [0, 0.1) is 11.8 Å². The Hall–Kier alpha value is -3.60. The van der Waals surface area contributed by atoms with Crippen LogP contribution in [0.3, 0.4) is 0 Å². The van der Waals surface area contributed by atoms with Gasteiger partial charge in [0.05, 0.1) is 12.2 Å². The minimum atomic E-state index is -0.864.